The Kier molecular flexibility index (Phi) is 6.19. The Morgan fingerprint density at radius 1 is 0.882 bits per heavy atom. The largest absolute Gasteiger partial charge is 0.343 e. The molecular weight excluding hydrogens is 438 g/mol. The molecule has 5 aromatic rings. The highest BCUT2D eigenvalue weighted by Gasteiger charge is 2.22. The molecule has 5 heteroatoms. The molecule has 2 heterocycles. The monoisotopic (exact) mass is 465 g/mol. The summed E-state index contributed by atoms with van der Waals surface area (Å²) in [4.78, 5) is 16.7. The number of amides is 2. The summed E-state index contributed by atoms with van der Waals surface area (Å²) in [5.74, 6) is 0. The Labute approximate surface area is 204 Å². The van der Waals surface area contributed by atoms with Gasteiger partial charge in [-0.05, 0) is 42.1 Å². The molecule has 0 bridgehead atoms. The van der Waals surface area contributed by atoms with E-state index in [1.165, 1.54) is 15.8 Å². The van der Waals surface area contributed by atoms with Gasteiger partial charge < -0.3 is 14.8 Å². The van der Waals surface area contributed by atoms with Crippen molar-refractivity contribution < 1.29 is 4.79 Å². The Morgan fingerprint density at radius 3 is 2.35 bits per heavy atom. The van der Waals surface area contributed by atoms with Crippen molar-refractivity contribution in [1.29, 1.82) is 0 Å². The van der Waals surface area contributed by atoms with Gasteiger partial charge in [-0.15, -0.1) is 11.3 Å². The Morgan fingerprint density at radius 2 is 1.62 bits per heavy atom. The van der Waals surface area contributed by atoms with Gasteiger partial charge in [-0.1, -0.05) is 72.3 Å². The lowest BCUT2D eigenvalue weighted by Gasteiger charge is -2.24. The molecule has 1 N–H and O–H groups in total. The minimum Gasteiger partial charge on any atom is -0.343 e. The number of aromatic nitrogens is 1. The summed E-state index contributed by atoms with van der Waals surface area (Å²) < 4.78 is 2.25. The summed E-state index contributed by atoms with van der Waals surface area (Å²) >= 11 is 1.72. The summed E-state index contributed by atoms with van der Waals surface area (Å²) in [7, 11) is 2.11. The molecule has 0 unspecified atom stereocenters. The number of hydrogen-bond acceptors (Lipinski definition) is 2. The van der Waals surface area contributed by atoms with E-state index in [2.05, 4.69) is 70.8 Å². The van der Waals surface area contributed by atoms with Gasteiger partial charge in [0.15, 0.2) is 0 Å². The molecule has 0 aliphatic carbocycles. The molecule has 0 fully saturated rings. The second kappa shape index (κ2) is 9.57. The lowest BCUT2D eigenvalue weighted by molar-refractivity contribution is 0.206. The van der Waals surface area contributed by atoms with Gasteiger partial charge in [-0.25, -0.2) is 4.79 Å². The third-order valence-corrected chi connectivity index (χ3v) is 7.00. The average Bonchev–Trinajstić information content (AvgIpc) is 3.48. The Balaban J connectivity index is 1.55. The van der Waals surface area contributed by atoms with Crippen molar-refractivity contribution in [2.45, 2.75) is 20.0 Å². The van der Waals surface area contributed by atoms with Crippen LogP contribution in [-0.4, -0.2) is 15.5 Å². The molecule has 0 radical (unpaired) electrons. The summed E-state index contributed by atoms with van der Waals surface area (Å²) in [6.07, 6.45) is 0. The van der Waals surface area contributed by atoms with E-state index in [9.17, 15) is 4.79 Å². The highest BCUT2D eigenvalue weighted by molar-refractivity contribution is 7.13. The molecule has 2 aromatic heterocycles. The first kappa shape index (κ1) is 22.0. The zero-order valence-electron chi connectivity index (χ0n) is 19.4. The summed E-state index contributed by atoms with van der Waals surface area (Å²) in [6, 6.07) is 30.6. The lowest BCUT2D eigenvalue weighted by atomic mass is 10.1. The van der Waals surface area contributed by atoms with Crippen LogP contribution in [0.5, 0.6) is 0 Å². The van der Waals surface area contributed by atoms with Crippen molar-refractivity contribution in [3.05, 3.63) is 113 Å². The SMILES string of the molecule is Cc1ccc(NC(=O)N(Cc2ccccc2)Cc2c(-c3cccs3)n(C)c3ccccc23)cc1. The number of aryl methyl sites for hydroxylation is 2. The molecule has 0 aliphatic rings. The first-order valence-corrected chi connectivity index (χ1v) is 12.2. The van der Waals surface area contributed by atoms with Gasteiger partial charge in [-0.2, -0.15) is 0 Å². The number of thiophene rings is 1. The average molecular weight is 466 g/mol. The topological polar surface area (TPSA) is 37.3 Å². The van der Waals surface area contributed by atoms with Crippen molar-refractivity contribution in [3.8, 4) is 10.6 Å². The van der Waals surface area contributed by atoms with Crippen LogP contribution in [0.2, 0.25) is 0 Å². The Hall–Kier alpha value is -3.83. The van der Waals surface area contributed by atoms with E-state index < -0.39 is 0 Å². The second-order valence-electron chi connectivity index (χ2n) is 8.52. The molecular formula is C29H27N3OS. The number of urea groups is 1. The number of nitrogens with zero attached hydrogens (tertiary/aromatic N) is 2. The summed E-state index contributed by atoms with van der Waals surface area (Å²) in [5, 5.41) is 6.38. The third-order valence-electron chi connectivity index (χ3n) is 6.12. The third kappa shape index (κ3) is 4.47. The quantitative estimate of drug-likeness (QED) is 0.278. The molecule has 2 amide bonds. The van der Waals surface area contributed by atoms with Crippen LogP contribution in [-0.2, 0) is 20.1 Å². The number of rotatable bonds is 6. The number of hydrogen-bond donors (Lipinski definition) is 1. The smallest absolute Gasteiger partial charge is 0.322 e. The van der Waals surface area contributed by atoms with Gasteiger partial charge in [0, 0.05) is 35.7 Å². The molecule has 3 aromatic carbocycles. The minimum atomic E-state index is -0.113. The highest BCUT2D eigenvalue weighted by atomic mass is 32.1. The number of nitrogens with one attached hydrogen (secondary N) is 1. The zero-order chi connectivity index (χ0) is 23.5. The molecule has 0 saturated heterocycles. The predicted octanol–water partition coefficient (Wildman–Crippen LogP) is 7.45. The molecule has 5 rings (SSSR count). The lowest BCUT2D eigenvalue weighted by Crippen LogP contribution is -2.34. The Bertz CT molecular complexity index is 1400. The van der Waals surface area contributed by atoms with Crippen molar-refractivity contribution in [3.63, 3.8) is 0 Å². The van der Waals surface area contributed by atoms with Crippen LogP contribution in [0, 0.1) is 6.92 Å². The number of anilines is 1. The van der Waals surface area contributed by atoms with E-state index >= 15 is 0 Å². The van der Waals surface area contributed by atoms with E-state index in [0.717, 1.165) is 28.1 Å². The maximum absolute atomic E-state index is 13.6. The summed E-state index contributed by atoms with van der Waals surface area (Å²) in [6.45, 7) is 3.06. The normalized spacial score (nSPS) is 11.0. The maximum Gasteiger partial charge on any atom is 0.322 e. The van der Waals surface area contributed by atoms with E-state index in [-0.39, 0.29) is 6.03 Å². The molecule has 0 atom stereocenters. The van der Waals surface area contributed by atoms with Gasteiger partial charge in [0.2, 0.25) is 0 Å². The van der Waals surface area contributed by atoms with Crippen LogP contribution in [0.25, 0.3) is 21.5 Å². The fourth-order valence-corrected chi connectivity index (χ4v) is 5.23. The number of carbonyl (C=O) groups is 1. The standard InChI is InChI=1S/C29H27N3OS/c1-21-14-16-23(17-15-21)30-29(33)32(19-22-9-4-3-5-10-22)20-25-24-11-6-7-12-26(24)31(2)28(25)27-13-8-18-34-27/h3-18H,19-20H2,1-2H3,(H,30,33). The van der Waals surface area contributed by atoms with Crippen LogP contribution in [0.1, 0.15) is 16.7 Å². The van der Waals surface area contributed by atoms with Gasteiger partial charge >= 0.3 is 6.03 Å². The number of benzene rings is 3. The minimum absolute atomic E-state index is 0.113. The predicted molar refractivity (Wildman–Crippen MR) is 142 cm³/mol. The van der Waals surface area contributed by atoms with Gasteiger partial charge in [0.05, 0.1) is 17.1 Å². The van der Waals surface area contributed by atoms with Crippen molar-refractivity contribution in [1.82, 2.24) is 9.47 Å². The van der Waals surface area contributed by atoms with E-state index in [4.69, 9.17) is 0 Å². The van der Waals surface area contributed by atoms with E-state index in [1.807, 2.05) is 54.3 Å². The highest BCUT2D eigenvalue weighted by Crippen LogP contribution is 2.36. The van der Waals surface area contributed by atoms with Crippen LogP contribution in [0.3, 0.4) is 0 Å². The van der Waals surface area contributed by atoms with Crippen molar-refractivity contribution in [2.75, 3.05) is 5.32 Å². The molecule has 0 spiro atoms. The fraction of sp³-hybridized carbons (Fsp3) is 0.138. The van der Waals surface area contributed by atoms with Gasteiger partial charge in [0.1, 0.15) is 0 Å². The number of para-hydroxylation sites is 1. The van der Waals surface area contributed by atoms with Crippen LogP contribution in [0.15, 0.2) is 96.4 Å². The van der Waals surface area contributed by atoms with Gasteiger partial charge in [-0.3, -0.25) is 0 Å². The van der Waals surface area contributed by atoms with Crippen LogP contribution < -0.4 is 5.32 Å². The van der Waals surface area contributed by atoms with E-state index in [1.54, 1.807) is 11.3 Å². The van der Waals surface area contributed by atoms with Crippen molar-refractivity contribution in [2.24, 2.45) is 7.05 Å². The first-order chi connectivity index (χ1) is 16.6. The fourth-order valence-electron chi connectivity index (χ4n) is 4.39. The van der Waals surface area contributed by atoms with Crippen LogP contribution >= 0.6 is 11.3 Å². The molecule has 0 saturated carbocycles. The number of fused-ring (bicyclic) bond motifs is 1. The molecule has 170 valence electrons. The maximum atomic E-state index is 13.6. The van der Waals surface area contributed by atoms with Crippen LogP contribution in [0.4, 0.5) is 10.5 Å². The summed E-state index contributed by atoms with van der Waals surface area (Å²) in [5.41, 5.74) is 6.55. The van der Waals surface area contributed by atoms with Crippen molar-refractivity contribution >= 4 is 34.0 Å². The van der Waals surface area contributed by atoms with Gasteiger partial charge in [0.25, 0.3) is 0 Å². The zero-order valence-corrected chi connectivity index (χ0v) is 20.2. The molecule has 4 nitrogen and oxygen atoms in total. The first-order valence-electron chi connectivity index (χ1n) is 11.4. The second-order valence-corrected chi connectivity index (χ2v) is 9.47. The number of carbonyl (C=O) groups excluding carboxylic acids is 1. The molecule has 34 heavy (non-hydrogen) atoms. The molecule has 0 aliphatic heterocycles. The van der Waals surface area contributed by atoms with E-state index in [0.29, 0.717) is 13.1 Å².